The summed E-state index contributed by atoms with van der Waals surface area (Å²) in [4.78, 5) is 26.2. The summed E-state index contributed by atoms with van der Waals surface area (Å²) in [6.45, 7) is 6.29. The van der Waals surface area contributed by atoms with Gasteiger partial charge in [0, 0.05) is 37.2 Å². The average Bonchev–Trinajstić information content (AvgIpc) is 3.16. The molecule has 1 saturated heterocycles. The van der Waals surface area contributed by atoms with E-state index in [0.29, 0.717) is 36.3 Å². The predicted octanol–water partition coefficient (Wildman–Crippen LogP) is 2.90. The number of phenols is 1. The molecule has 0 aliphatic carbocycles. The van der Waals surface area contributed by atoms with E-state index in [1.165, 1.54) is 7.11 Å². The summed E-state index contributed by atoms with van der Waals surface area (Å²) in [6, 6.07) is 0. The first-order chi connectivity index (χ1) is 14.9. The van der Waals surface area contributed by atoms with Crippen LogP contribution in [0, 0.1) is 6.92 Å². The lowest BCUT2D eigenvalue weighted by molar-refractivity contribution is -0.144. The highest BCUT2D eigenvalue weighted by Gasteiger charge is 2.31. The molecule has 0 amide bonds. The Morgan fingerprint density at radius 3 is 2.74 bits per heavy atom. The normalized spacial score (nSPS) is 16.7. The van der Waals surface area contributed by atoms with Crippen molar-refractivity contribution in [3.8, 4) is 11.5 Å². The molecule has 1 N–H and O–H groups in total. The van der Waals surface area contributed by atoms with E-state index in [1.54, 1.807) is 0 Å². The fraction of sp³-hybridized carbons (Fsp3) is 0.545. The number of methoxy groups -OCH3 is 1. The zero-order chi connectivity index (χ0) is 22.4. The summed E-state index contributed by atoms with van der Waals surface area (Å²) >= 11 is 2.18. The minimum atomic E-state index is -0.516. The van der Waals surface area contributed by atoms with Crippen molar-refractivity contribution < 1.29 is 33.6 Å². The van der Waals surface area contributed by atoms with Crippen LogP contribution in [-0.2, 0) is 32.0 Å². The third-order valence-electron chi connectivity index (χ3n) is 5.52. The standard InChI is InChI=1S/C22H28INO7/c1-14-17-13-31-22(27)19(17)20(26)16(21(14)28-2)5-3-15(23)4-6-18(25)30-12-9-24-7-10-29-11-8-24/h3,26H,4-13H2,1-2H3/b15-3-. The Morgan fingerprint density at radius 1 is 1.29 bits per heavy atom. The van der Waals surface area contributed by atoms with Gasteiger partial charge in [-0.25, -0.2) is 4.79 Å². The topological polar surface area (TPSA) is 94.5 Å². The zero-order valence-corrected chi connectivity index (χ0v) is 20.0. The number of hydrogen-bond acceptors (Lipinski definition) is 8. The van der Waals surface area contributed by atoms with Crippen molar-refractivity contribution in [3.05, 3.63) is 31.9 Å². The first kappa shape index (κ1) is 23.8. The van der Waals surface area contributed by atoms with E-state index < -0.39 is 5.97 Å². The summed E-state index contributed by atoms with van der Waals surface area (Å²) in [6.07, 6.45) is 3.13. The molecule has 170 valence electrons. The summed E-state index contributed by atoms with van der Waals surface area (Å²) in [5.74, 6) is -0.286. The number of hydrogen-bond donors (Lipinski definition) is 1. The van der Waals surface area contributed by atoms with Gasteiger partial charge in [0.25, 0.3) is 0 Å². The molecule has 0 saturated carbocycles. The van der Waals surface area contributed by atoms with E-state index in [9.17, 15) is 14.7 Å². The summed E-state index contributed by atoms with van der Waals surface area (Å²) < 4.78 is 22.2. The van der Waals surface area contributed by atoms with Crippen LogP contribution in [0.3, 0.4) is 0 Å². The molecule has 0 unspecified atom stereocenters. The molecule has 0 aromatic heterocycles. The van der Waals surface area contributed by atoms with Gasteiger partial charge in [0.1, 0.15) is 30.3 Å². The summed E-state index contributed by atoms with van der Waals surface area (Å²) in [5, 5.41) is 10.7. The Balaban J connectivity index is 1.53. The van der Waals surface area contributed by atoms with Gasteiger partial charge in [0.05, 0.1) is 20.3 Å². The maximum Gasteiger partial charge on any atom is 0.342 e. The van der Waals surface area contributed by atoms with E-state index in [-0.39, 0.29) is 30.3 Å². The summed E-state index contributed by atoms with van der Waals surface area (Å²) in [5.41, 5.74) is 2.23. The number of nitrogens with zero attached hydrogens (tertiary/aromatic N) is 1. The number of carbonyl (C=O) groups excluding carboxylic acids is 2. The number of carbonyl (C=O) groups is 2. The van der Waals surface area contributed by atoms with Crippen LogP contribution in [-0.4, -0.2) is 68.5 Å². The van der Waals surface area contributed by atoms with Crippen LogP contribution in [0.1, 0.15) is 39.9 Å². The number of ether oxygens (including phenoxy) is 4. The lowest BCUT2D eigenvalue weighted by Gasteiger charge is -2.26. The number of halogens is 1. The molecule has 2 aliphatic heterocycles. The number of allylic oxidation sites excluding steroid dienone is 2. The molecular weight excluding hydrogens is 517 g/mol. The van der Waals surface area contributed by atoms with Crippen LogP contribution in [0.5, 0.6) is 11.5 Å². The molecule has 9 heteroatoms. The van der Waals surface area contributed by atoms with Crippen molar-refractivity contribution >= 4 is 34.5 Å². The number of morpholine rings is 1. The molecule has 1 fully saturated rings. The molecule has 2 heterocycles. The van der Waals surface area contributed by atoms with Gasteiger partial charge < -0.3 is 24.1 Å². The molecule has 2 aliphatic rings. The van der Waals surface area contributed by atoms with Crippen LogP contribution < -0.4 is 4.74 Å². The second kappa shape index (κ2) is 11.1. The molecule has 8 nitrogen and oxygen atoms in total. The molecule has 1 aromatic rings. The third-order valence-corrected chi connectivity index (χ3v) is 6.50. The Labute approximate surface area is 195 Å². The maximum absolute atomic E-state index is 12.0. The minimum absolute atomic E-state index is 0.0945. The van der Waals surface area contributed by atoms with Gasteiger partial charge in [-0.15, -0.1) is 0 Å². The van der Waals surface area contributed by atoms with E-state index in [2.05, 4.69) is 27.5 Å². The fourth-order valence-corrected chi connectivity index (χ4v) is 4.24. The second-order valence-electron chi connectivity index (χ2n) is 7.44. The Morgan fingerprint density at radius 2 is 2.03 bits per heavy atom. The van der Waals surface area contributed by atoms with Gasteiger partial charge in [-0.05, 0) is 51.5 Å². The highest BCUT2D eigenvalue weighted by atomic mass is 127. The number of rotatable bonds is 9. The highest BCUT2D eigenvalue weighted by Crippen LogP contribution is 2.42. The number of benzene rings is 1. The van der Waals surface area contributed by atoms with Gasteiger partial charge in [0.15, 0.2) is 0 Å². The van der Waals surface area contributed by atoms with Crippen molar-refractivity contribution in [2.24, 2.45) is 0 Å². The van der Waals surface area contributed by atoms with E-state index in [1.807, 2.05) is 13.0 Å². The lowest BCUT2D eigenvalue weighted by atomic mass is 9.95. The molecule has 0 bridgehead atoms. The Bertz CT molecular complexity index is 862. The minimum Gasteiger partial charge on any atom is -0.507 e. The smallest absolute Gasteiger partial charge is 0.342 e. The largest absolute Gasteiger partial charge is 0.507 e. The summed E-state index contributed by atoms with van der Waals surface area (Å²) in [7, 11) is 1.54. The molecular formula is C22H28INO7. The highest BCUT2D eigenvalue weighted by molar-refractivity contribution is 14.1. The predicted molar refractivity (Wildman–Crippen MR) is 122 cm³/mol. The van der Waals surface area contributed by atoms with Crippen LogP contribution in [0.4, 0.5) is 0 Å². The van der Waals surface area contributed by atoms with Crippen molar-refractivity contribution in [2.45, 2.75) is 32.8 Å². The number of cyclic esters (lactones) is 1. The van der Waals surface area contributed by atoms with Crippen LogP contribution >= 0.6 is 22.6 Å². The van der Waals surface area contributed by atoms with Gasteiger partial charge in [-0.2, -0.15) is 0 Å². The van der Waals surface area contributed by atoms with Crippen LogP contribution in [0.25, 0.3) is 0 Å². The van der Waals surface area contributed by atoms with Crippen LogP contribution in [0.2, 0.25) is 0 Å². The maximum atomic E-state index is 12.0. The van der Waals surface area contributed by atoms with E-state index in [0.717, 1.165) is 42.0 Å². The quantitative estimate of drug-likeness (QED) is 0.374. The SMILES string of the molecule is COc1c(C)c2c(c(O)c1C/C=C(\I)CCC(=O)OCCN1CCOCC1)C(=O)OC2. The molecule has 0 spiro atoms. The van der Waals surface area contributed by atoms with Gasteiger partial charge in [-0.3, -0.25) is 9.69 Å². The van der Waals surface area contributed by atoms with Gasteiger partial charge >= 0.3 is 11.9 Å². The lowest BCUT2D eigenvalue weighted by Crippen LogP contribution is -2.38. The number of fused-ring (bicyclic) bond motifs is 1. The molecule has 0 atom stereocenters. The number of aromatic hydroxyl groups is 1. The fourth-order valence-electron chi connectivity index (χ4n) is 3.75. The Hall–Kier alpha value is -1.85. The molecule has 3 rings (SSSR count). The van der Waals surface area contributed by atoms with Crippen molar-refractivity contribution in [2.75, 3.05) is 46.6 Å². The van der Waals surface area contributed by atoms with Crippen molar-refractivity contribution in [1.29, 1.82) is 0 Å². The van der Waals surface area contributed by atoms with Crippen LogP contribution in [0.15, 0.2) is 9.66 Å². The van der Waals surface area contributed by atoms with Crippen molar-refractivity contribution in [1.82, 2.24) is 4.90 Å². The molecule has 0 radical (unpaired) electrons. The van der Waals surface area contributed by atoms with E-state index >= 15 is 0 Å². The zero-order valence-electron chi connectivity index (χ0n) is 17.9. The average molecular weight is 545 g/mol. The van der Waals surface area contributed by atoms with E-state index in [4.69, 9.17) is 18.9 Å². The van der Waals surface area contributed by atoms with Gasteiger partial charge in [-0.1, -0.05) is 6.08 Å². The molecule has 31 heavy (non-hydrogen) atoms. The molecule has 1 aromatic carbocycles. The van der Waals surface area contributed by atoms with Gasteiger partial charge in [0.2, 0.25) is 0 Å². The number of esters is 2. The first-order valence-corrected chi connectivity index (χ1v) is 11.4. The van der Waals surface area contributed by atoms with Crippen molar-refractivity contribution in [3.63, 3.8) is 0 Å². The Kier molecular flexibility index (Phi) is 8.56. The monoisotopic (exact) mass is 545 g/mol. The third kappa shape index (κ3) is 5.89. The number of phenolic OH excluding ortho intramolecular Hbond substituents is 1. The second-order valence-corrected chi connectivity index (χ2v) is 8.83. The first-order valence-electron chi connectivity index (χ1n) is 10.3.